The fraction of sp³-hybridized carbons (Fsp3) is 0.182. The van der Waals surface area contributed by atoms with Gasteiger partial charge in [-0.1, -0.05) is 0 Å². The van der Waals surface area contributed by atoms with E-state index in [1.165, 1.54) is 0 Å². The van der Waals surface area contributed by atoms with Gasteiger partial charge in [0.15, 0.2) is 23.3 Å². The van der Waals surface area contributed by atoms with E-state index < -0.39 is 11.6 Å². The number of halogens is 2. The number of rotatable bonds is 3. The molecule has 0 fully saturated rings. The largest absolute Gasteiger partial charge is 0.381 e. The maximum Gasteiger partial charge on any atom is 0.168 e. The van der Waals surface area contributed by atoms with Gasteiger partial charge < -0.3 is 11.1 Å². The number of nitrogens with two attached hydrogens (primary N) is 1. The van der Waals surface area contributed by atoms with E-state index in [1.807, 2.05) is 18.4 Å². The van der Waals surface area contributed by atoms with Crippen LogP contribution in [-0.4, -0.2) is 4.98 Å². The van der Waals surface area contributed by atoms with Crippen LogP contribution in [0.3, 0.4) is 0 Å². The first-order valence-corrected chi connectivity index (χ1v) is 5.84. The van der Waals surface area contributed by atoms with Gasteiger partial charge in [0.25, 0.3) is 0 Å². The quantitative estimate of drug-likeness (QED) is 0.886. The molecule has 2 aromatic rings. The Balaban J connectivity index is 2.14. The Labute approximate surface area is 101 Å². The Kier molecular flexibility index (Phi) is 3.23. The molecule has 0 bridgehead atoms. The lowest BCUT2D eigenvalue weighted by molar-refractivity contribution is 0.579. The van der Waals surface area contributed by atoms with Gasteiger partial charge in [0.05, 0.1) is 6.54 Å². The van der Waals surface area contributed by atoms with Crippen molar-refractivity contribution >= 4 is 23.0 Å². The first-order valence-electron chi connectivity index (χ1n) is 4.96. The van der Waals surface area contributed by atoms with Crippen LogP contribution in [0, 0.1) is 18.6 Å². The molecule has 2 heterocycles. The van der Waals surface area contributed by atoms with E-state index >= 15 is 0 Å². The molecule has 0 aliphatic heterocycles. The third kappa shape index (κ3) is 2.52. The van der Waals surface area contributed by atoms with Crippen LogP contribution in [0.2, 0.25) is 0 Å². The summed E-state index contributed by atoms with van der Waals surface area (Å²) in [5, 5.41) is 4.76. The minimum atomic E-state index is -0.847. The first kappa shape index (κ1) is 11.8. The summed E-state index contributed by atoms with van der Waals surface area (Å²) >= 11 is 1.56. The van der Waals surface area contributed by atoms with E-state index in [2.05, 4.69) is 10.3 Å². The van der Waals surface area contributed by atoms with E-state index in [1.54, 1.807) is 11.3 Å². The van der Waals surface area contributed by atoms with Gasteiger partial charge >= 0.3 is 0 Å². The highest BCUT2D eigenvalue weighted by Gasteiger charge is 2.09. The summed E-state index contributed by atoms with van der Waals surface area (Å²) in [5.41, 5.74) is 6.40. The van der Waals surface area contributed by atoms with Crippen LogP contribution in [0.15, 0.2) is 17.5 Å². The fourth-order valence-electron chi connectivity index (χ4n) is 1.35. The van der Waals surface area contributed by atoms with Crippen LogP contribution in [-0.2, 0) is 6.54 Å². The van der Waals surface area contributed by atoms with E-state index in [0.717, 1.165) is 16.5 Å². The molecule has 0 aliphatic carbocycles. The van der Waals surface area contributed by atoms with Gasteiger partial charge in [0.2, 0.25) is 0 Å². The monoisotopic (exact) mass is 255 g/mol. The molecule has 3 nitrogen and oxygen atoms in total. The van der Waals surface area contributed by atoms with E-state index in [9.17, 15) is 8.78 Å². The van der Waals surface area contributed by atoms with Crippen molar-refractivity contribution < 1.29 is 8.78 Å². The number of nitrogens with zero attached hydrogens (tertiary/aromatic N) is 1. The minimum absolute atomic E-state index is 0.0308. The molecule has 0 amide bonds. The molecule has 0 spiro atoms. The van der Waals surface area contributed by atoms with Crippen molar-refractivity contribution in [1.29, 1.82) is 0 Å². The molecule has 0 atom stereocenters. The Bertz CT molecular complexity index is 540. The van der Waals surface area contributed by atoms with Crippen LogP contribution >= 0.6 is 11.3 Å². The van der Waals surface area contributed by atoms with Gasteiger partial charge in [-0.05, 0) is 23.9 Å². The standard InChI is InChI=1S/C11H11F2N3S/c1-6-2-3-17-9(6)5-15-11-8(13)4-7(12)10(14)16-11/h2-4H,5H2,1H3,(H3,14,15,16). The number of anilines is 2. The zero-order chi connectivity index (χ0) is 12.4. The summed E-state index contributed by atoms with van der Waals surface area (Å²) in [6, 6.07) is 2.70. The lowest BCUT2D eigenvalue weighted by Crippen LogP contribution is -2.06. The van der Waals surface area contributed by atoms with Crippen LogP contribution < -0.4 is 11.1 Å². The van der Waals surface area contributed by atoms with Crippen molar-refractivity contribution in [3.63, 3.8) is 0 Å². The van der Waals surface area contributed by atoms with Crippen molar-refractivity contribution in [2.45, 2.75) is 13.5 Å². The maximum absolute atomic E-state index is 13.3. The number of hydrogen-bond donors (Lipinski definition) is 2. The second-order valence-electron chi connectivity index (χ2n) is 3.57. The Morgan fingerprint density at radius 3 is 2.82 bits per heavy atom. The number of nitrogen functional groups attached to an aromatic ring is 1. The number of pyridine rings is 1. The van der Waals surface area contributed by atoms with Crippen molar-refractivity contribution in [2.75, 3.05) is 11.1 Å². The smallest absolute Gasteiger partial charge is 0.168 e. The molecule has 0 aliphatic rings. The third-order valence-corrected chi connectivity index (χ3v) is 3.36. The molecule has 0 unspecified atom stereocenters. The SMILES string of the molecule is Cc1ccsc1CNc1nc(N)c(F)cc1F. The number of aromatic nitrogens is 1. The summed E-state index contributed by atoms with van der Waals surface area (Å²) in [6.07, 6.45) is 0. The first-order chi connectivity index (χ1) is 8.08. The number of nitrogens with one attached hydrogen (secondary N) is 1. The molecule has 2 rings (SSSR count). The minimum Gasteiger partial charge on any atom is -0.381 e. The molecule has 0 saturated carbocycles. The fourth-order valence-corrected chi connectivity index (χ4v) is 2.20. The third-order valence-electron chi connectivity index (χ3n) is 2.34. The average Bonchev–Trinajstić information content (AvgIpc) is 2.68. The van der Waals surface area contributed by atoms with Gasteiger partial charge in [-0.2, -0.15) is 0 Å². The molecule has 0 radical (unpaired) electrons. The number of hydrogen-bond acceptors (Lipinski definition) is 4. The van der Waals surface area contributed by atoms with Crippen molar-refractivity contribution in [3.05, 3.63) is 39.6 Å². The Hall–Kier alpha value is -1.69. The highest BCUT2D eigenvalue weighted by atomic mass is 32.1. The molecule has 3 N–H and O–H groups in total. The van der Waals surface area contributed by atoms with E-state index in [0.29, 0.717) is 6.54 Å². The lowest BCUT2D eigenvalue weighted by Gasteiger charge is -2.07. The molecular formula is C11H11F2N3S. The highest BCUT2D eigenvalue weighted by molar-refractivity contribution is 7.10. The van der Waals surface area contributed by atoms with Crippen LogP contribution in [0.5, 0.6) is 0 Å². The summed E-state index contributed by atoms with van der Waals surface area (Å²) < 4.78 is 26.2. The van der Waals surface area contributed by atoms with Crippen molar-refractivity contribution in [1.82, 2.24) is 4.98 Å². The zero-order valence-electron chi connectivity index (χ0n) is 9.13. The lowest BCUT2D eigenvalue weighted by atomic mass is 10.3. The van der Waals surface area contributed by atoms with Crippen LogP contribution in [0.4, 0.5) is 20.4 Å². The predicted octanol–water partition coefficient (Wildman–Crippen LogP) is 2.92. The molecule has 0 aromatic carbocycles. The van der Waals surface area contributed by atoms with Gasteiger partial charge in [-0.15, -0.1) is 11.3 Å². The van der Waals surface area contributed by atoms with Gasteiger partial charge in [0, 0.05) is 10.9 Å². The summed E-state index contributed by atoms with van der Waals surface area (Å²) in [5.74, 6) is -1.93. The second-order valence-corrected chi connectivity index (χ2v) is 4.57. The molecular weight excluding hydrogens is 244 g/mol. The molecule has 90 valence electrons. The topological polar surface area (TPSA) is 50.9 Å². The van der Waals surface area contributed by atoms with Gasteiger partial charge in [-0.25, -0.2) is 13.8 Å². The predicted molar refractivity (Wildman–Crippen MR) is 64.9 cm³/mol. The molecule has 17 heavy (non-hydrogen) atoms. The van der Waals surface area contributed by atoms with Crippen LogP contribution in [0.25, 0.3) is 0 Å². The summed E-state index contributed by atoms with van der Waals surface area (Å²) in [7, 11) is 0. The molecule has 2 aromatic heterocycles. The summed E-state index contributed by atoms with van der Waals surface area (Å²) in [4.78, 5) is 4.70. The molecule has 6 heteroatoms. The summed E-state index contributed by atoms with van der Waals surface area (Å²) in [6.45, 7) is 2.41. The maximum atomic E-state index is 13.3. The van der Waals surface area contributed by atoms with E-state index in [-0.39, 0.29) is 11.6 Å². The normalized spacial score (nSPS) is 10.5. The van der Waals surface area contributed by atoms with Crippen molar-refractivity contribution in [2.24, 2.45) is 0 Å². The Morgan fingerprint density at radius 1 is 1.41 bits per heavy atom. The van der Waals surface area contributed by atoms with Crippen LogP contribution in [0.1, 0.15) is 10.4 Å². The Morgan fingerprint density at radius 2 is 2.18 bits per heavy atom. The zero-order valence-corrected chi connectivity index (χ0v) is 9.94. The number of thiophene rings is 1. The number of aryl methyl sites for hydroxylation is 1. The highest BCUT2D eigenvalue weighted by Crippen LogP contribution is 2.20. The van der Waals surface area contributed by atoms with Gasteiger partial charge in [0.1, 0.15) is 0 Å². The van der Waals surface area contributed by atoms with E-state index in [4.69, 9.17) is 5.73 Å². The second kappa shape index (κ2) is 4.67. The van der Waals surface area contributed by atoms with Gasteiger partial charge in [-0.3, -0.25) is 0 Å². The van der Waals surface area contributed by atoms with Crippen molar-refractivity contribution in [3.8, 4) is 0 Å². The average molecular weight is 255 g/mol. The molecule has 0 saturated heterocycles.